The molecule has 8 heteroatoms. The molecule has 0 bridgehead atoms. The van der Waals surface area contributed by atoms with Crippen molar-refractivity contribution in [1.29, 1.82) is 0 Å². The Balaban J connectivity index is 2.16. The summed E-state index contributed by atoms with van der Waals surface area (Å²) >= 11 is 1.53. The summed E-state index contributed by atoms with van der Waals surface area (Å²) in [4.78, 5) is 37.3. The number of aliphatic carboxylic acids is 1. The number of ether oxygens (including phenoxy) is 1. The minimum Gasteiger partial charge on any atom is -0.497 e. The summed E-state index contributed by atoms with van der Waals surface area (Å²) in [5.74, 6) is -0.560. The first-order valence-corrected chi connectivity index (χ1v) is 10.8. The zero-order valence-corrected chi connectivity index (χ0v) is 17.1. The second-order valence-electron chi connectivity index (χ2n) is 6.97. The first-order valence-electron chi connectivity index (χ1n) is 9.41. The lowest BCUT2D eigenvalue weighted by Gasteiger charge is -2.37. The average Bonchev–Trinajstić information content (AvgIpc) is 2.71. The summed E-state index contributed by atoms with van der Waals surface area (Å²) in [5, 5.41) is 15.0. The van der Waals surface area contributed by atoms with Crippen molar-refractivity contribution < 1.29 is 24.2 Å². The quantitative estimate of drug-likeness (QED) is 0.580. The van der Waals surface area contributed by atoms with Gasteiger partial charge in [0.25, 0.3) is 5.91 Å². The normalized spacial score (nSPS) is 16.6. The number of carbonyl (C=O) groups excluding carboxylic acids is 2. The van der Waals surface area contributed by atoms with E-state index in [1.807, 2.05) is 6.26 Å². The predicted molar refractivity (Wildman–Crippen MR) is 109 cm³/mol. The highest BCUT2D eigenvalue weighted by atomic mass is 32.2. The molecule has 0 aliphatic heterocycles. The number of hydrogen-bond donors (Lipinski definition) is 3. The van der Waals surface area contributed by atoms with Crippen LogP contribution in [0.5, 0.6) is 5.75 Å². The van der Waals surface area contributed by atoms with Crippen LogP contribution in [-0.4, -0.2) is 53.6 Å². The fourth-order valence-electron chi connectivity index (χ4n) is 3.39. The molecule has 1 aliphatic rings. The van der Waals surface area contributed by atoms with E-state index >= 15 is 0 Å². The molecule has 0 spiro atoms. The van der Waals surface area contributed by atoms with E-state index in [4.69, 9.17) is 4.74 Å². The molecule has 0 unspecified atom stereocenters. The monoisotopic (exact) mass is 408 g/mol. The Kier molecular flexibility index (Phi) is 8.17. The highest BCUT2D eigenvalue weighted by Gasteiger charge is 2.42. The van der Waals surface area contributed by atoms with Crippen molar-refractivity contribution >= 4 is 29.5 Å². The topological polar surface area (TPSA) is 105 Å². The zero-order chi connectivity index (χ0) is 20.6. The summed E-state index contributed by atoms with van der Waals surface area (Å²) in [6, 6.07) is 5.69. The molecule has 1 aromatic carbocycles. The van der Waals surface area contributed by atoms with E-state index in [2.05, 4.69) is 10.6 Å². The number of amides is 2. The number of nitrogens with one attached hydrogen (secondary N) is 2. The maximum absolute atomic E-state index is 13.0. The summed E-state index contributed by atoms with van der Waals surface area (Å²) in [5.41, 5.74) is -0.654. The average molecular weight is 409 g/mol. The maximum Gasteiger partial charge on any atom is 0.326 e. The molecule has 1 aliphatic carbocycles. The van der Waals surface area contributed by atoms with Crippen LogP contribution in [0, 0.1) is 0 Å². The van der Waals surface area contributed by atoms with Crippen LogP contribution < -0.4 is 15.4 Å². The highest BCUT2D eigenvalue weighted by Crippen LogP contribution is 2.29. The molecule has 2 rings (SSSR count). The van der Waals surface area contributed by atoms with Crippen LogP contribution in [0.2, 0.25) is 0 Å². The Morgan fingerprint density at radius 2 is 1.82 bits per heavy atom. The second-order valence-corrected chi connectivity index (χ2v) is 7.96. The van der Waals surface area contributed by atoms with E-state index in [1.165, 1.54) is 11.8 Å². The van der Waals surface area contributed by atoms with Gasteiger partial charge in [0.15, 0.2) is 0 Å². The molecule has 1 fully saturated rings. The maximum atomic E-state index is 13.0. The van der Waals surface area contributed by atoms with Crippen LogP contribution in [0.1, 0.15) is 48.9 Å². The summed E-state index contributed by atoms with van der Waals surface area (Å²) < 4.78 is 5.10. The van der Waals surface area contributed by atoms with Crippen LogP contribution in [-0.2, 0) is 9.59 Å². The van der Waals surface area contributed by atoms with Gasteiger partial charge in [-0.25, -0.2) is 4.79 Å². The molecular formula is C20H28N2O5S. The summed E-state index contributed by atoms with van der Waals surface area (Å²) in [6.45, 7) is 0. The Hall–Kier alpha value is -2.22. The third-order valence-corrected chi connectivity index (χ3v) is 5.70. The first-order chi connectivity index (χ1) is 13.4. The number of carbonyl (C=O) groups is 3. The van der Waals surface area contributed by atoms with Gasteiger partial charge in [-0.2, -0.15) is 11.8 Å². The van der Waals surface area contributed by atoms with Gasteiger partial charge in [0.1, 0.15) is 17.3 Å². The zero-order valence-electron chi connectivity index (χ0n) is 16.3. The molecule has 2 amide bonds. The van der Waals surface area contributed by atoms with E-state index in [-0.39, 0.29) is 5.91 Å². The smallest absolute Gasteiger partial charge is 0.326 e. The van der Waals surface area contributed by atoms with Gasteiger partial charge in [-0.05, 0) is 55.5 Å². The molecule has 28 heavy (non-hydrogen) atoms. The molecule has 1 saturated carbocycles. The van der Waals surface area contributed by atoms with E-state index in [1.54, 1.807) is 31.4 Å². The predicted octanol–water partition coefficient (Wildman–Crippen LogP) is 2.45. The molecule has 1 aromatic rings. The third-order valence-electron chi connectivity index (χ3n) is 5.06. The number of carboxylic acids is 1. The summed E-state index contributed by atoms with van der Waals surface area (Å²) in [7, 11) is 1.55. The van der Waals surface area contributed by atoms with Crippen molar-refractivity contribution in [3.05, 3.63) is 29.8 Å². The highest BCUT2D eigenvalue weighted by molar-refractivity contribution is 7.98. The number of rotatable bonds is 9. The Morgan fingerprint density at radius 3 is 2.36 bits per heavy atom. The van der Waals surface area contributed by atoms with Crippen LogP contribution in [0.4, 0.5) is 0 Å². The van der Waals surface area contributed by atoms with Crippen molar-refractivity contribution in [3.63, 3.8) is 0 Å². The minimum absolute atomic E-state index is 0.338. The van der Waals surface area contributed by atoms with Gasteiger partial charge in [-0.15, -0.1) is 0 Å². The van der Waals surface area contributed by atoms with Gasteiger partial charge in [-0.3, -0.25) is 9.59 Å². The molecule has 0 radical (unpaired) electrons. The van der Waals surface area contributed by atoms with Crippen LogP contribution in [0.25, 0.3) is 0 Å². The van der Waals surface area contributed by atoms with Gasteiger partial charge < -0.3 is 20.5 Å². The number of methoxy groups -OCH3 is 1. The second kappa shape index (κ2) is 10.4. The Morgan fingerprint density at radius 1 is 1.18 bits per heavy atom. The Bertz CT molecular complexity index is 686. The van der Waals surface area contributed by atoms with Crippen molar-refractivity contribution in [2.75, 3.05) is 19.1 Å². The SMILES string of the molecule is COc1ccc(C(=O)NC2(C(=O)N[C@@H](CCSC)C(=O)O)CCCCC2)cc1. The molecule has 7 nitrogen and oxygen atoms in total. The number of benzene rings is 1. The van der Waals surface area contributed by atoms with Crippen LogP contribution >= 0.6 is 11.8 Å². The molecule has 1 atom stereocenters. The molecule has 3 N–H and O–H groups in total. The van der Waals surface area contributed by atoms with Crippen molar-refractivity contribution in [1.82, 2.24) is 10.6 Å². The molecule has 0 aromatic heterocycles. The van der Waals surface area contributed by atoms with Gasteiger partial charge in [0.05, 0.1) is 7.11 Å². The third kappa shape index (κ3) is 5.64. The van der Waals surface area contributed by atoms with Gasteiger partial charge in [0, 0.05) is 5.56 Å². The number of carboxylic acid groups (broad SMARTS) is 1. The fraction of sp³-hybridized carbons (Fsp3) is 0.550. The number of hydrogen-bond acceptors (Lipinski definition) is 5. The van der Waals surface area contributed by atoms with Crippen LogP contribution in [0.15, 0.2) is 24.3 Å². The molecule has 154 valence electrons. The van der Waals surface area contributed by atoms with E-state index in [9.17, 15) is 19.5 Å². The van der Waals surface area contributed by atoms with Crippen molar-refractivity contribution in [2.24, 2.45) is 0 Å². The van der Waals surface area contributed by atoms with Crippen molar-refractivity contribution in [2.45, 2.75) is 50.1 Å². The van der Waals surface area contributed by atoms with E-state index in [0.29, 0.717) is 36.3 Å². The molecular weight excluding hydrogens is 380 g/mol. The lowest BCUT2D eigenvalue weighted by atomic mass is 9.80. The fourth-order valence-corrected chi connectivity index (χ4v) is 3.86. The lowest BCUT2D eigenvalue weighted by molar-refractivity contribution is -0.143. The van der Waals surface area contributed by atoms with Crippen molar-refractivity contribution in [3.8, 4) is 5.75 Å². The van der Waals surface area contributed by atoms with Gasteiger partial charge in [0.2, 0.25) is 5.91 Å². The first kappa shape index (κ1) is 22.1. The lowest BCUT2D eigenvalue weighted by Crippen LogP contribution is -2.62. The van der Waals surface area contributed by atoms with E-state index < -0.39 is 23.5 Å². The Labute approximate surface area is 169 Å². The van der Waals surface area contributed by atoms with Gasteiger partial charge >= 0.3 is 5.97 Å². The minimum atomic E-state index is -1.08. The van der Waals surface area contributed by atoms with E-state index in [0.717, 1.165) is 19.3 Å². The molecule has 0 heterocycles. The molecule has 0 saturated heterocycles. The largest absolute Gasteiger partial charge is 0.497 e. The standard InChI is InChI=1S/C20H28N2O5S/c1-27-15-8-6-14(7-9-15)17(23)22-20(11-4-3-5-12-20)19(26)21-16(18(24)25)10-13-28-2/h6-9,16H,3-5,10-13H2,1-2H3,(H,21,26)(H,22,23)(H,24,25)/t16-/m0/s1. The van der Waals surface area contributed by atoms with Gasteiger partial charge in [-0.1, -0.05) is 19.3 Å². The number of thioether (sulfide) groups is 1. The summed E-state index contributed by atoms with van der Waals surface area (Å²) in [6.07, 6.45) is 5.81. The van der Waals surface area contributed by atoms with Crippen LogP contribution in [0.3, 0.4) is 0 Å².